The second-order valence-corrected chi connectivity index (χ2v) is 9.56. The molecule has 1 aliphatic heterocycles. The number of amides is 1. The van der Waals surface area contributed by atoms with Crippen molar-refractivity contribution in [2.45, 2.75) is 24.7 Å². The van der Waals surface area contributed by atoms with Gasteiger partial charge in [0.1, 0.15) is 5.69 Å². The Balaban J connectivity index is 1.32. The SMILES string of the molecule is COC[C@H]1C[C@@H]1c1cc(C(F)(F)F)cnc1-c1nnc(N[C@H]2N=C(c3ccccc3)c3ccccc3NC2=O)o1. The highest BCUT2D eigenvalue weighted by Gasteiger charge is 2.42. The Labute approximate surface area is 226 Å². The van der Waals surface area contributed by atoms with Gasteiger partial charge in [-0.3, -0.25) is 9.78 Å². The molecule has 2 aromatic heterocycles. The molecule has 204 valence electrons. The molecule has 0 radical (unpaired) electrons. The molecule has 1 saturated carbocycles. The highest BCUT2D eigenvalue weighted by atomic mass is 19.4. The number of benzene rings is 2. The van der Waals surface area contributed by atoms with E-state index in [1.807, 2.05) is 48.5 Å². The highest BCUT2D eigenvalue weighted by molar-refractivity contribution is 6.19. The van der Waals surface area contributed by atoms with Crippen LogP contribution in [-0.2, 0) is 15.7 Å². The Morgan fingerprint density at radius 3 is 2.65 bits per heavy atom. The second-order valence-electron chi connectivity index (χ2n) is 9.56. The number of methoxy groups -OCH3 is 1. The fourth-order valence-corrected chi connectivity index (χ4v) is 4.80. The smallest absolute Gasteiger partial charge is 0.402 e. The fourth-order valence-electron chi connectivity index (χ4n) is 4.80. The van der Waals surface area contributed by atoms with E-state index in [4.69, 9.17) is 9.15 Å². The van der Waals surface area contributed by atoms with Crippen molar-refractivity contribution in [2.24, 2.45) is 10.9 Å². The number of para-hydroxylation sites is 1. The Bertz CT molecular complexity index is 1590. The molecule has 4 aromatic rings. The van der Waals surface area contributed by atoms with Crippen LogP contribution in [0.15, 0.2) is 76.3 Å². The lowest BCUT2D eigenvalue weighted by Crippen LogP contribution is -2.32. The van der Waals surface area contributed by atoms with Crippen LogP contribution < -0.4 is 10.6 Å². The number of carbonyl (C=O) groups is 1. The number of halogens is 3. The Kier molecular flexibility index (Phi) is 6.54. The first-order chi connectivity index (χ1) is 19.3. The van der Waals surface area contributed by atoms with Gasteiger partial charge in [0.25, 0.3) is 11.8 Å². The molecule has 2 aliphatic rings. The number of aromatic nitrogens is 3. The maximum absolute atomic E-state index is 13.4. The van der Waals surface area contributed by atoms with Crippen LogP contribution in [0.25, 0.3) is 11.6 Å². The number of pyridine rings is 1. The number of hydrogen-bond acceptors (Lipinski definition) is 8. The summed E-state index contributed by atoms with van der Waals surface area (Å²) in [5, 5.41) is 13.7. The summed E-state index contributed by atoms with van der Waals surface area (Å²) in [6.45, 7) is 0.415. The molecular formula is C28H23F3N6O3. The molecule has 2 aromatic carbocycles. The topological polar surface area (TPSA) is 115 Å². The Hall–Kier alpha value is -4.58. The van der Waals surface area contributed by atoms with E-state index in [1.54, 1.807) is 13.2 Å². The zero-order valence-electron chi connectivity index (χ0n) is 21.1. The lowest BCUT2D eigenvalue weighted by atomic mass is 10.0. The molecule has 9 nitrogen and oxygen atoms in total. The third-order valence-electron chi connectivity index (χ3n) is 6.83. The van der Waals surface area contributed by atoms with E-state index in [9.17, 15) is 18.0 Å². The number of anilines is 2. The van der Waals surface area contributed by atoms with Crippen molar-refractivity contribution >= 4 is 23.3 Å². The molecule has 2 N–H and O–H groups in total. The normalized spacial score (nSPS) is 20.2. The minimum atomic E-state index is -4.55. The third kappa shape index (κ3) is 5.05. The van der Waals surface area contributed by atoms with Crippen LogP contribution in [0.5, 0.6) is 0 Å². The first-order valence-corrected chi connectivity index (χ1v) is 12.5. The predicted octanol–water partition coefficient (Wildman–Crippen LogP) is 5.13. The molecule has 1 aliphatic carbocycles. The molecule has 0 saturated heterocycles. The zero-order chi connectivity index (χ0) is 27.9. The van der Waals surface area contributed by atoms with E-state index in [-0.39, 0.29) is 29.4 Å². The lowest BCUT2D eigenvalue weighted by molar-refractivity contribution is -0.137. The molecule has 3 atom stereocenters. The van der Waals surface area contributed by atoms with Crippen LogP contribution in [0.2, 0.25) is 0 Å². The predicted molar refractivity (Wildman–Crippen MR) is 140 cm³/mol. The van der Waals surface area contributed by atoms with E-state index < -0.39 is 23.8 Å². The highest BCUT2D eigenvalue weighted by Crippen LogP contribution is 2.50. The maximum Gasteiger partial charge on any atom is 0.417 e. The second kappa shape index (κ2) is 10.2. The van der Waals surface area contributed by atoms with E-state index in [0.717, 1.165) is 23.4 Å². The summed E-state index contributed by atoms with van der Waals surface area (Å²) in [5.74, 6) is -0.639. The van der Waals surface area contributed by atoms with Crippen LogP contribution in [0.3, 0.4) is 0 Å². The number of benzodiazepines with no additional fused rings is 1. The number of ether oxygens (including phenoxy) is 1. The van der Waals surface area contributed by atoms with Crippen LogP contribution in [0.1, 0.15) is 34.6 Å². The van der Waals surface area contributed by atoms with Gasteiger partial charge in [-0.1, -0.05) is 53.6 Å². The van der Waals surface area contributed by atoms with Crippen LogP contribution in [0, 0.1) is 5.92 Å². The Morgan fingerprint density at radius 1 is 1.10 bits per heavy atom. The van der Waals surface area contributed by atoms with Crippen LogP contribution >= 0.6 is 0 Å². The zero-order valence-corrected chi connectivity index (χ0v) is 21.1. The molecular weight excluding hydrogens is 525 g/mol. The van der Waals surface area contributed by atoms with Crippen molar-refractivity contribution in [3.63, 3.8) is 0 Å². The van der Waals surface area contributed by atoms with E-state index in [0.29, 0.717) is 30.0 Å². The van der Waals surface area contributed by atoms with Crippen LogP contribution in [0.4, 0.5) is 24.9 Å². The third-order valence-corrected chi connectivity index (χ3v) is 6.83. The van der Waals surface area contributed by atoms with E-state index in [2.05, 4.69) is 30.8 Å². The summed E-state index contributed by atoms with van der Waals surface area (Å²) >= 11 is 0. The van der Waals surface area contributed by atoms with Crippen molar-refractivity contribution in [3.8, 4) is 11.6 Å². The molecule has 12 heteroatoms. The number of hydrogen-bond donors (Lipinski definition) is 2. The number of aliphatic imine (C=N–C) groups is 1. The van der Waals surface area contributed by atoms with Gasteiger partial charge >= 0.3 is 12.2 Å². The number of alkyl halides is 3. The molecule has 3 heterocycles. The van der Waals surface area contributed by atoms with E-state index >= 15 is 0 Å². The van der Waals surface area contributed by atoms with Crippen molar-refractivity contribution < 1.29 is 27.1 Å². The van der Waals surface area contributed by atoms with E-state index in [1.165, 1.54) is 0 Å². The average Bonchev–Trinajstić information content (AvgIpc) is 3.59. The molecule has 40 heavy (non-hydrogen) atoms. The Morgan fingerprint density at radius 2 is 1.88 bits per heavy atom. The van der Waals surface area contributed by atoms with Gasteiger partial charge in [-0.25, -0.2) is 4.99 Å². The summed E-state index contributed by atoms with van der Waals surface area (Å²) < 4.78 is 51.3. The number of nitrogens with zero attached hydrogens (tertiary/aromatic N) is 4. The molecule has 0 unspecified atom stereocenters. The molecule has 1 fully saturated rings. The molecule has 6 rings (SSSR count). The minimum absolute atomic E-state index is 0.0663. The molecule has 1 amide bonds. The maximum atomic E-state index is 13.4. The summed E-state index contributed by atoms with van der Waals surface area (Å²) in [7, 11) is 1.55. The van der Waals surface area contributed by atoms with Gasteiger partial charge in [0, 0.05) is 31.0 Å². The van der Waals surface area contributed by atoms with Gasteiger partial charge in [-0.2, -0.15) is 13.2 Å². The lowest BCUT2D eigenvalue weighted by Gasteiger charge is -2.12. The first kappa shape index (κ1) is 25.7. The average molecular weight is 549 g/mol. The summed E-state index contributed by atoms with van der Waals surface area (Å²) in [6, 6.07) is 17.7. The van der Waals surface area contributed by atoms with Crippen molar-refractivity contribution in [3.05, 3.63) is 89.1 Å². The van der Waals surface area contributed by atoms with Crippen molar-refractivity contribution in [1.82, 2.24) is 15.2 Å². The van der Waals surface area contributed by atoms with Gasteiger partial charge in [0.05, 0.1) is 17.0 Å². The first-order valence-electron chi connectivity index (χ1n) is 12.5. The van der Waals surface area contributed by atoms with Gasteiger partial charge in [0.15, 0.2) is 0 Å². The van der Waals surface area contributed by atoms with Gasteiger partial charge in [-0.05, 0) is 36.0 Å². The summed E-state index contributed by atoms with van der Waals surface area (Å²) in [5.41, 5.74) is 2.38. The van der Waals surface area contributed by atoms with Crippen molar-refractivity contribution in [1.29, 1.82) is 0 Å². The minimum Gasteiger partial charge on any atom is -0.402 e. The van der Waals surface area contributed by atoms with Crippen molar-refractivity contribution in [2.75, 3.05) is 24.4 Å². The number of rotatable bonds is 7. The van der Waals surface area contributed by atoms with Gasteiger partial charge < -0.3 is 19.8 Å². The summed E-state index contributed by atoms with van der Waals surface area (Å²) in [6.07, 6.45) is -4.28. The monoisotopic (exact) mass is 548 g/mol. The van der Waals surface area contributed by atoms with Crippen LogP contribution in [-0.4, -0.2) is 46.7 Å². The number of carbonyl (C=O) groups excluding carboxylic acids is 1. The van der Waals surface area contributed by atoms with Gasteiger partial charge in [0.2, 0.25) is 6.17 Å². The number of fused-ring (bicyclic) bond motifs is 1. The summed E-state index contributed by atoms with van der Waals surface area (Å²) in [4.78, 5) is 21.8. The standard InChI is InChI=1S/C28H23F3N6O3/c1-39-14-16-11-19(16)20-12-17(28(29,30)31)13-32-23(20)26-36-37-27(40-26)35-24-25(38)33-21-10-6-5-9-18(21)22(34-24)15-7-3-2-4-8-15/h2-10,12-13,16,19,24H,11,14H2,1H3,(H,33,38)(H,35,37)/t16-,19+,24-/m1/s1. The fraction of sp³-hybridized carbons (Fsp3) is 0.250. The molecule has 0 bridgehead atoms. The molecule has 0 spiro atoms. The quantitative estimate of drug-likeness (QED) is 0.329. The largest absolute Gasteiger partial charge is 0.417 e. The number of nitrogens with one attached hydrogen (secondary N) is 2. The van der Waals surface area contributed by atoms with Gasteiger partial charge in [-0.15, -0.1) is 5.10 Å².